The number of fused-ring (bicyclic) bond motifs is 3. The molecule has 0 aliphatic heterocycles. The van der Waals surface area contributed by atoms with Crippen LogP contribution in [0.2, 0.25) is 0 Å². The summed E-state index contributed by atoms with van der Waals surface area (Å²) in [6, 6.07) is 0. The number of halogens is 1. The first-order valence-electron chi connectivity index (χ1n) is 7.41. The van der Waals surface area contributed by atoms with Crippen molar-refractivity contribution in [3.63, 3.8) is 0 Å². The second-order valence-electron chi connectivity index (χ2n) is 5.57. The Balaban J connectivity index is 2.13. The largest absolute Gasteiger partial charge is 0.382 e. The Morgan fingerprint density at radius 3 is 2.85 bits per heavy atom. The van der Waals surface area contributed by atoms with Crippen molar-refractivity contribution >= 4 is 28.3 Å². The molecule has 2 N–H and O–H groups in total. The van der Waals surface area contributed by atoms with Gasteiger partial charge in [0.05, 0.1) is 0 Å². The number of hydrogen-bond acceptors (Lipinski definition) is 3. The van der Waals surface area contributed by atoms with Gasteiger partial charge in [-0.05, 0) is 50.5 Å². The Bertz CT molecular complexity index is 633. The molecule has 0 fully saturated rings. The summed E-state index contributed by atoms with van der Waals surface area (Å²) in [5.74, 6) is 1.30. The van der Waals surface area contributed by atoms with Gasteiger partial charge in [0.1, 0.15) is 5.52 Å². The van der Waals surface area contributed by atoms with Gasteiger partial charge in [-0.3, -0.25) is 4.68 Å². The van der Waals surface area contributed by atoms with E-state index in [4.69, 9.17) is 17.3 Å². The molecule has 108 valence electrons. The SMILES string of the molecule is Cn1nc2c(N)nc3c(c2c1CCCCCl)CCCC3. The van der Waals surface area contributed by atoms with Gasteiger partial charge < -0.3 is 5.73 Å². The summed E-state index contributed by atoms with van der Waals surface area (Å²) < 4.78 is 1.98. The second-order valence-corrected chi connectivity index (χ2v) is 5.95. The Labute approximate surface area is 124 Å². The minimum atomic E-state index is 0.583. The van der Waals surface area contributed by atoms with E-state index in [0.29, 0.717) is 5.82 Å². The molecule has 4 nitrogen and oxygen atoms in total. The van der Waals surface area contributed by atoms with E-state index in [0.717, 1.165) is 43.5 Å². The molecule has 20 heavy (non-hydrogen) atoms. The minimum absolute atomic E-state index is 0.583. The van der Waals surface area contributed by atoms with Gasteiger partial charge in [0, 0.05) is 29.7 Å². The molecule has 0 saturated heterocycles. The quantitative estimate of drug-likeness (QED) is 0.696. The number of hydrogen-bond donors (Lipinski definition) is 1. The van der Waals surface area contributed by atoms with E-state index in [9.17, 15) is 0 Å². The highest BCUT2D eigenvalue weighted by Gasteiger charge is 2.21. The first-order chi connectivity index (χ1) is 9.72. The molecule has 0 unspecified atom stereocenters. The highest BCUT2D eigenvalue weighted by molar-refractivity contribution is 6.17. The molecule has 0 saturated carbocycles. The van der Waals surface area contributed by atoms with Gasteiger partial charge in [0.15, 0.2) is 5.82 Å². The van der Waals surface area contributed by atoms with Gasteiger partial charge in [-0.2, -0.15) is 5.10 Å². The van der Waals surface area contributed by atoms with Crippen molar-refractivity contribution in [3.8, 4) is 0 Å². The zero-order valence-corrected chi connectivity index (χ0v) is 12.7. The monoisotopic (exact) mass is 292 g/mol. The predicted octanol–water partition coefficient (Wildman–Crippen LogP) is 2.99. The summed E-state index contributed by atoms with van der Waals surface area (Å²) in [5.41, 5.74) is 10.9. The molecule has 2 aromatic heterocycles. The Morgan fingerprint density at radius 1 is 1.25 bits per heavy atom. The summed E-state index contributed by atoms with van der Waals surface area (Å²) >= 11 is 5.79. The molecule has 1 aliphatic carbocycles. The number of pyridine rings is 1. The minimum Gasteiger partial charge on any atom is -0.382 e. The lowest BCUT2D eigenvalue weighted by Gasteiger charge is -2.17. The molecule has 0 amide bonds. The Hall–Kier alpha value is -1.29. The normalized spacial score (nSPS) is 14.7. The molecule has 3 rings (SSSR count). The summed E-state index contributed by atoms with van der Waals surface area (Å²) in [7, 11) is 2.00. The summed E-state index contributed by atoms with van der Waals surface area (Å²) in [5, 5.41) is 5.86. The van der Waals surface area contributed by atoms with Crippen LogP contribution in [-0.4, -0.2) is 20.6 Å². The number of nitrogens with two attached hydrogens (primary N) is 1. The van der Waals surface area contributed by atoms with Gasteiger partial charge in [-0.25, -0.2) is 4.98 Å². The maximum absolute atomic E-state index is 6.11. The number of aryl methyl sites for hydroxylation is 4. The lowest BCUT2D eigenvalue weighted by atomic mass is 9.92. The fraction of sp³-hybridized carbons (Fsp3) is 0.600. The van der Waals surface area contributed by atoms with Gasteiger partial charge in [-0.15, -0.1) is 11.6 Å². The van der Waals surface area contributed by atoms with Gasteiger partial charge in [-0.1, -0.05) is 0 Å². The molecule has 2 heterocycles. The van der Waals surface area contributed by atoms with Crippen LogP contribution in [0.5, 0.6) is 0 Å². The number of nitrogen functional groups attached to an aromatic ring is 1. The van der Waals surface area contributed by atoms with Crippen molar-refractivity contribution in [3.05, 3.63) is 17.0 Å². The standard InChI is InChI=1S/C15H21ClN4/c1-20-12(8-4-5-9-16)13-10-6-2-3-7-11(10)18-15(17)14(13)19-20/h2-9H2,1H3,(H2,17,18). The second kappa shape index (κ2) is 5.60. The molecule has 1 aliphatic rings. The van der Waals surface area contributed by atoms with Crippen molar-refractivity contribution in [2.75, 3.05) is 11.6 Å². The predicted molar refractivity (Wildman–Crippen MR) is 83.2 cm³/mol. The van der Waals surface area contributed by atoms with E-state index < -0.39 is 0 Å². The summed E-state index contributed by atoms with van der Waals surface area (Å²) in [6.45, 7) is 0. The summed E-state index contributed by atoms with van der Waals surface area (Å²) in [6.07, 6.45) is 7.75. The lowest BCUT2D eigenvalue weighted by molar-refractivity contribution is 0.670. The van der Waals surface area contributed by atoms with E-state index >= 15 is 0 Å². The Morgan fingerprint density at radius 2 is 2.05 bits per heavy atom. The fourth-order valence-corrected chi connectivity index (χ4v) is 3.40. The van der Waals surface area contributed by atoms with Crippen molar-refractivity contribution in [2.45, 2.75) is 44.9 Å². The van der Waals surface area contributed by atoms with Crippen LogP contribution in [0.4, 0.5) is 5.82 Å². The molecule has 0 aromatic carbocycles. The molecule has 5 heteroatoms. The zero-order valence-electron chi connectivity index (χ0n) is 12.0. The molecule has 0 radical (unpaired) electrons. The smallest absolute Gasteiger partial charge is 0.152 e. The van der Waals surface area contributed by atoms with Crippen LogP contribution < -0.4 is 5.73 Å². The van der Waals surface area contributed by atoms with Crippen LogP contribution in [0, 0.1) is 0 Å². The van der Waals surface area contributed by atoms with Crippen LogP contribution in [0.3, 0.4) is 0 Å². The van der Waals surface area contributed by atoms with Gasteiger partial charge in [0.25, 0.3) is 0 Å². The number of nitrogens with zero attached hydrogens (tertiary/aromatic N) is 3. The van der Waals surface area contributed by atoms with Crippen LogP contribution in [0.1, 0.15) is 42.6 Å². The third-order valence-electron chi connectivity index (χ3n) is 4.20. The highest BCUT2D eigenvalue weighted by Crippen LogP contribution is 2.33. The average molecular weight is 293 g/mol. The highest BCUT2D eigenvalue weighted by atomic mass is 35.5. The zero-order chi connectivity index (χ0) is 14.1. The van der Waals surface area contributed by atoms with Crippen molar-refractivity contribution in [1.29, 1.82) is 0 Å². The maximum atomic E-state index is 6.11. The van der Waals surface area contributed by atoms with Crippen LogP contribution in [0.15, 0.2) is 0 Å². The van der Waals surface area contributed by atoms with Crippen LogP contribution in [-0.2, 0) is 26.3 Å². The van der Waals surface area contributed by atoms with E-state index in [1.807, 2.05) is 11.7 Å². The number of unbranched alkanes of at least 4 members (excludes halogenated alkanes) is 1. The molecular formula is C15H21ClN4. The fourth-order valence-electron chi connectivity index (χ4n) is 3.21. The van der Waals surface area contributed by atoms with E-state index in [1.165, 1.54) is 35.2 Å². The summed E-state index contributed by atoms with van der Waals surface area (Å²) in [4.78, 5) is 4.57. The van der Waals surface area contributed by atoms with E-state index in [2.05, 4.69) is 10.1 Å². The molecule has 0 atom stereocenters. The third-order valence-corrected chi connectivity index (χ3v) is 4.47. The molecular weight excluding hydrogens is 272 g/mol. The van der Waals surface area contributed by atoms with Gasteiger partial charge >= 0.3 is 0 Å². The lowest BCUT2D eigenvalue weighted by Crippen LogP contribution is -2.09. The number of alkyl halides is 1. The Kier molecular flexibility index (Phi) is 3.83. The van der Waals surface area contributed by atoms with Crippen LogP contribution >= 0.6 is 11.6 Å². The van der Waals surface area contributed by atoms with Gasteiger partial charge in [0.2, 0.25) is 0 Å². The first-order valence-corrected chi connectivity index (χ1v) is 7.94. The topological polar surface area (TPSA) is 56.7 Å². The van der Waals surface area contributed by atoms with Crippen molar-refractivity contribution in [2.24, 2.45) is 7.05 Å². The third kappa shape index (κ3) is 2.26. The molecule has 2 aromatic rings. The van der Waals surface area contributed by atoms with Crippen molar-refractivity contribution < 1.29 is 0 Å². The number of aromatic nitrogens is 3. The molecule has 0 spiro atoms. The van der Waals surface area contributed by atoms with Crippen molar-refractivity contribution in [1.82, 2.24) is 14.8 Å². The van der Waals surface area contributed by atoms with E-state index in [-0.39, 0.29) is 0 Å². The average Bonchev–Trinajstić information content (AvgIpc) is 2.78. The number of anilines is 1. The first kappa shape index (κ1) is 13.7. The molecule has 0 bridgehead atoms. The maximum Gasteiger partial charge on any atom is 0.152 e. The number of rotatable bonds is 4. The van der Waals surface area contributed by atoms with E-state index in [1.54, 1.807) is 0 Å². The van der Waals surface area contributed by atoms with Crippen LogP contribution in [0.25, 0.3) is 10.9 Å².